The summed E-state index contributed by atoms with van der Waals surface area (Å²) in [6, 6.07) is 7.27. The van der Waals surface area contributed by atoms with Gasteiger partial charge in [0.15, 0.2) is 9.84 Å². The van der Waals surface area contributed by atoms with Crippen LogP contribution >= 0.6 is 0 Å². The molecule has 1 amide bonds. The van der Waals surface area contributed by atoms with Gasteiger partial charge in [-0.25, -0.2) is 12.8 Å². The third-order valence-corrected chi connectivity index (χ3v) is 7.94. The lowest BCUT2D eigenvalue weighted by atomic mass is 9.91. The fourth-order valence-corrected chi connectivity index (χ4v) is 4.86. The zero-order valence-electron chi connectivity index (χ0n) is 16.6. The van der Waals surface area contributed by atoms with Crippen LogP contribution in [0.3, 0.4) is 0 Å². The van der Waals surface area contributed by atoms with Crippen LogP contribution < -0.4 is 10.6 Å². The summed E-state index contributed by atoms with van der Waals surface area (Å²) in [4.78, 5) is 16.5. The Balaban J connectivity index is 1.94. The standard InChI is InChI=1S/C20H23FN4O3S/c1-12-5-8-16(23-10-12)17(26)24-13-6-7-15(21)14(9-13)20(4)11-29(27,28)19(2,3)18(22)25-20/h5-10H,11H2,1-4H3,(H2,22,25)(H,24,26)/t20-/m0/s1. The molecule has 154 valence electrons. The van der Waals surface area contributed by atoms with E-state index in [0.29, 0.717) is 5.69 Å². The van der Waals surface area contributed by atoms with Gasteiger partial charge >= 0.3 is 0 Å². The Kier molecular flexibility index (Phi) is 4.98. The van der Waals surface area contributed by atoms with E-state index >= 15 is 0 Å². The highest BCUT2D eigenvalue weighted by molar-refractivity contribution is 7.93. The number of aromatic nitrogens is 1. The first kappa shape index (κ1) is 20.9. The fourth-order valence-electron chi connectivity index (χ4n) is 3.15. The molecule has 2 aromatic rings. The summed E-state index contributed by atoms with van der Waals surface area (Å²) >= 11 is 0. The zero-order valence-corrected chi connectivity index (χ0v) is 17.4. The van der Waals surface area contributed by atoms with E-state index in [9.17, 15) is 17.6 Å². The van der Waals surface area contributed by atoms with Crippen LogP contribution in [0, 0.1) is 18.2 Å². The third kappa shape index (κ3) is 3.74. The highest BCUT2D eigenvalue weighted by atomic mass is 32.2. The molecule has 0 spiro atoms. The Morgan fingerprint density at radius 2 is 1.93 bits per heavy atom. The maximum atomic E-state index is 14.6. The van der Waals surface area contributed by atoms with Crippen molar-refractivity contribution in [2.24, 2.45) is 0 Å². The first-order valence-electron chi connectivity index (χ1n) is 8.99. The molecule has 0 radical (unpaired) electrons. The van der Waals surface area contributed by atoms with E-state index in [4.69, 9.17) is 5.41 Å². The molecule has 0 saturated carbocycles. The molecule has 2 heterocycles. The number of anilines is 1. The number of aryl methyl sites for hydroxylation is 1. The molecule has 1 aliphatic rings. The number of amides is 1. The maximum Gasteiger partial charge on any atom is 0.274 e. The van der Waals surface area contributed by atoms with Crippen LogP contribution in [-0.4, -0.2) is 35.6 Å². The number of carbonyl (C=O) groups excluding carboxylic acids is 1. The molecule has 3 rings (SSSR count). The molecule has 3 N–H and O–H groups in total. The number of hydrogen-bond donors (Lipinski definition) is 3. The monoisotopic (exact) mass is 418 g/mol. The molecule has 0 unspecified atom stereocenters. The minimum Gasteiger partial charge on any atom is -0.362 e. The topological polar surface area (TPSA) is 112 Å². The van der Waals surface area contributed by atoms with Crippen LogP contribution in [0.2, 0.25) is 0 Å². The lowest BCUT2D eigenvalue weighted by molar-refractivity contribution is 0.102. The maximum absolute atomic E-state index is 14.6. The Labute approximate surface area is 169 Å². The van der Waals surface area contributed by atoms with Gasteiger partial charge in [0.1, 0.15) is 22.1 Å². The molecule has 0 bridgehead atoms. The van der Waals surface area contributed by atoms with Gasteiger partial charge in [0.25, 0.3) is 5.91 Å². The van der Waals surface area contributed by atoms with Crippen molar-refractivity contribution in [1.29, 1.82) is 5.41 Å². The summed E-state index contributed by atoms with van der Waals surface area (Å²) in [5, 5.41) is 13.6. The van der Waals surface area contributed by atoms with Crippen LogP contribution in [-0.2, 0) is 15.4 Å². The first-order chi connectivity index (χ1) is 13.4. The molecule has 9 heteroatoms. The first-order valence-corrected chi connectivity index (χ1v) is 10.6. The van der Waals surface area contributed by atoms with Crippen molar-refractivity contribution >= 4 is 27.3 Å². The lowest BCUT2D eigenvalue weighted by Crippen LogP contribution is -2.64. The van der Waals surface area contributed by atoms with Crippen LogP contribution in [0.4, 0.5) is 10.1 Å². The Hall–Kier alpha value is -2.81. The average Bonchev–Trinajstić information content (AvgIpc) is 2.62. The minimum atomic E-state index is -3.72. The van der Waals surface area contributed by atoms with Crippen molar-refractivity contribution in [3.63, 3.8) is 0 Å². The van der Waals surface area contributed by atoms with Crippen molar-refractivity contribution in [2.75, 3.05) is 11.1 Å². The predicted molar refractivity (Wildman–Crippen MR) is 109 cm³/mol. The Morgan fingerprint density at radius 3 is 2.52 bits per heavy atom. The van der Waals surface area contributed by atoms with E-state index < -0.39 is 31.8 Å². The molecular weight excluding hydrogens is 395 g/mol. The summed E-state index contributed by atoms with van der Waals surface area (Å²) in [5.74, 6) is -1.69. The van der Waals surface area contributed by atoms with E-state index in [-0.39, 0.29) is 22.8 Å². The highest BCUT2D eigenvalue weighted by Gasteiger charge is 2.51. The second-order valence-corrected chi connectivity index (χ2v) is 10.5. The minimum absolute atomic E-state index is 0.0518. The van der Waals surface area contributed by atoms with E-state index in [1.54, 1.807) is 18.3 Å². The van der Waals surface area contributed by atoms with Gasteiger partial charge in [-0.1, -0.05) is 6.07 Å². The number of pyridine rings is 1. The largest absolute Gasteiger partial charge is 0.362 e. The molecule has 29 heavy (non-hydrogen) atoms. The van der Waals surface area contributed by atoms with Crippen LogP contribution in [0.1, 0.15) is 42.4 Å². The van der Waals surface area contributed by atoms with Gasteiger partial charge < -0.3 is 10.6 Å². The van der Waals surface area contributed by atoms with Crippen molar-refractivity contribution in [2.45, 2.75) is 38.0 Å². The van der Waals surface area contributed by atoms with Gasteiger partial charge in [-0.2, -0.15) is 0 Å². The molecule has 1 atom stereocenters. The number of hydrogen-bond acceptors (Lipinski definition) is 5. The summed E-state index contributed by atoms with van der Waals surface area (Å²) in [7, 11) is -3.72. The number of nitrogens with zero attached hydrogens (tertiary/aromatic N) is 1. The number of sulfone groups is 1. The van der Waals surface area contributed by atoms with Gasteiger partial charge in [-0.3, -0.25) is 15.2 Å². The highest BCUT2D eigenvalue weighted by Crippen LogP contribution is 2.36. The normalized spacial score (nSPS) is 22.6. The second kappa shape index (κ2) is 6.91. The molecular formula is C20H23FN4O3S. The summed E-state index contributed by atoms with van der Waals surface area (Å²) in [6.45, 7) is 6.27. The smallest absolute Gasteiger partial charge is 0.274 e. The van der Waals surface area contributed by atoms with Crippen LogP contribution in [0.25, 0.3) is 0 Å². The number of nitrogens with one attached hydrogen (secondary N) is 3. The Bertz CT molecular complexity index is 1100. The van der Waals surface area contributed by atoms with Crippen LogP contribution in [0.5, 0.6) is 0 Å². The van der Waals surface area contributed by atoms with Crippen molar-refractivity contribution < 1.29 is 17.6 Å². The van der Waals surface area contributed by atoms with Gasteiger partial charge in [0, 0.05) is 17.4 Å². The van der Waals surface area contributed by atoms with Crippen molar-refractivity contribution in [1.82, 2.24) is 10.3 Å². The molecule has 1 fully saturated rings. The quantitative estimate of drug-likeness (QED) is 0.710. The van der Waals surface area contributed by atoms with Gasteiger partial charge in [-0.05, 0) is 57.5 Å². The summed E-state index contributed by atoms with van der Waals surface area (Å²) in [6.07, 6.45) is 1.57. The number of halogens is 1. The molecule has 0 aliphatic carbocycles. The number of amidine groups is 1. The van der Waals surface area contributed by atoms with E-state index in [0.717, 1.165) is 11.6 Å². The van der Waals surface area contributed by atoms with Gasteiger partial charge in [0.05, 0.1) is 11.3 Å². The average molecular weight is 418 g/mol. The summed E-state index contributed by atoms with van der Waals surface area (Å²) < 4.78 is 38.7. The number of carbonyl (C=O) groups is 1. The Morgan fingerprint density at radius 1 is 1.24 bits per heavy atom. The van der Waals surface area contributed by atoms with Crippen LogP contribution in [0.15, 0.2) is 36.5 Å². The lowest BCUT2D eigenvalue weighted by Gasteiger charge is -2.43. The zero-order chi connectivity index (χ0) is 21.6. The molecule has 1 aromatic carbocycles. The molecule has 1 saturated heterocycles. The molecule has 1 aliphatic heterocycles. The van der Waals surface area contributed by atoms with Gasteiger partial charge in [-0.15, -0.1) is 0 Å². The third-order valence-electron chi connectivity index (χ3n) is 5.22. The van der Waals surface area contributed by atoms with Gasteiger partial charge in [0.2, 0.25) is 0 Å². The fraction of sp³-hybridized carbons (Fsp3) is 0.350. The molecule has 1 aromatic heterocycles. The number of rotatable bonds is 3. The van der Waals surface area contributed by atoms with E-state index in [1.165, 1.54) is 32.9 Å². The molecule has 7 nitrogen and oxygen atoms in total. The second-order valence-electron chi connectivity index (χ2n) is 7.97. The summed E-state index contributed by atoms with van der Waals surface area (Å²) in [5.41, 5.74) is 0.114. The van der Waals surface area contributed by atoms with E-state index in [2.05, 4.69) is 15.6 Å². The number of benzene rings is 1. The van der Waals surface area contributed by atoms with Crippen molar-refractivity contribution in [3.05, 3.63) is 59.2 Å². The van der Waals surface area contributed by atoms with Crippen molar-refractivity contribution in [3.8, 4) is 0 Å². The predicted octanol–water partition coefficient (Wildman–Crippen LogP) is 2.77. The van der Waals surface area contributed by atoms with E-state index in [1.807, 2.05) is 6.92 Å². The SMILES string of the molecule is Cc1ccc(C(=O)Nc2ccc(F)c([C@]3(C)CS(=O)(=O)C(C)(C)C(=N)N3)c2)nc1.